The predicted octanol–water partition coefficient (Wildman–Crippen LogP) is 2.84. The number of nitrogens with zero attached hydrogens (tertiary/aromatic N) is 1. The summed E-state index contributed by atoms with van der Waals surface area (Å²) in [4.78, 5) is 15.4. The Morgan fingerprint density at radius 3 is 2.60 bits per heavy atom. The zero-order chi connectivity index (χ0) is 14.0. The van der Waals surface area contributed by atoms with Crippen LogP contribution in [0.2, 0.25) is 0 Å². The predicted molar refractivity (Wildman–Crippen MR) is 76.5 cm³/mol. The SMILES string of the molecule is O=C(O)CC1(NCc2ccc(C3CCC3)cn2)CCC1. The van der Waals surface area contributed by atoms with Gasteiger partial charge < -0.3 is 10.4 Å². The standard InChI is InChI=1S/C16H22N2O2/c19-15(20)9-16(7-2-8-16)18-11-14-6-5-13(10-17-14)12-3-1-4-12/h5-6,10,12,18H,1-4,7-9,11H2,(H,19,20). The second kappa shape index (κ2) is 5.52. The molecule has 1 aromatic heterocycles. The first-order valence-corrected chi connectivity index (χ1v) is 7.59. The first-order valence-electron chi connectivity index (χ1n) is 7.59. The summed E-state index contributed by atoms with van der Waals surface area (Å²) >= 11 is 0. The van der Waals surface area contributed by atoms with Crippen LogP contribution in [0.5, 0.6) is 0 Å². The monoisotopic (exact) mass is 274 g/mol. The Hall–Kier alpha value is -1.42. The van der Waals surface area contributed by atoms with Crippen LogP contribution in [0, 0.1) is 0 Å². The molecule has 0 amide bonds. The molecule has 4 nitrogen and oxygen atoms in total. The second-order valence-electron chi connectivity index (χ2n) is 6.27. The lowest BCUT2D eigenvalue weighted by molar-refractivity contribution is -0.139. The van der Waals surface area contributed by atoms with Gasteiger partial charge in [0.15, 0.2) is 0 Å². The first kappa shape index (κ1) is 13.6. The van der Waals surface area contributed by atoms with Crippen molar-refractivity contribution in [2.75, 3.05) is 0 Å². The zero-order valence-electron chi connectivity index (χ0n) is 11.8. The summed E-state index contributed by atoms with van der Waals surface area (Å²) in [6, 6.07) is 4.26. The smallest absolute Gasteiger partial charge is 0.305 e. The summed E-state index contributed by atoms with van der Waals surface area (Å²) in [5.41, 5.74) is 2.16. The summed E-state index contributed by atoms with van der Waals surface area (Å²) in [6.07, 6.45) is 9.17. The summed E-state index contributed by atoms with van der Waals surface area (Å²) in [5.74, 6) is -0.0000144. The molecule has 0 atom stereocenters. The van der Waals surface area contributed by atoms with E-state index in [1.807, 2.05) is 6.20 Å². The third-order valence-electron chi connectivity index (χ3n) is 4.87. The van der Waals surface area contributed by atoms with Crippen molar-refractivity contribution >= 4 is 5.97 Å². The normalized spacial score (nSPS) is 21.0. The average molecular weight is 274 g/mol. The lowest BCUT2D eigenvalue weighted by atomic mass is 9.74. The van der Waals surface area contributed by atoms with Crippen LogP contribution in [0.1, 0.15) is 62.1 Å². The van der Waals surface area contributed by atoms with Gasteiger partial charge in [0.1, 0.15) is 0 Å². The summed E-state index contributed by atoms with van der Waals surface area (Å²) < 4.78 is 0. The number of aliphatic carboxylic acids is 1. The van der Waals surface area contributed by atoms with Crippen molar-refractivity contribution in [1.29, 1.82) is 0 Å². The highest BCUT2D eigenvalue weighted by atomic mass is 16.4. The molecular weight excluding hydrogens is 252 g/mol. The Balaban J connectivity index is 1.56. The largest absolute Gasteiger partial charge is 0.481 e. The molecule has 2 saturated carbocycles. The molecule has 0 spiro atoms. The lowest BCUT2D eigenvalue weighted by Crippen LogP contribution is -2.51. The molecule has 0 saturated heterocycles. The molecule has 0 bridgehead atoms. The van der Waals surface area contributed by atoms with E-state index in [0.29, 0.717) is 6.54 Å². The maximum Gasteiger partial charge on any atom is 0.305 e. The van der Waals surface area contributed by atoms with E-state index >= 15 is 0 Å². The maximum absolute atomic E-state index is 10.9. The number of nitrogens with one attached hydrogen (secondary N) is 1. The van der Waals surface area contributed by atoms with Gasteiger partial charge in [0.2, 0.25) is 0 Å². The van der Waals surface area contributed by atoms with Gasteiger partial charge in [0.25, 0.3) is 0 Å². The quantitative estimate of drug-likeness (QED) is 0.837. The molecule has 0 radical (unpaired) electrons. The van der Waals surface area contributed by atoms with E-state index in [1.54, 1.807) is 0 Å². The lowest BCUT2D eigenvalue weighted by Gasteiger charge is -2.41. The molecule has 4 heteroatoms. The van der Waals surface area contributed by atoms with Gasteiger partial charge in [-0.25, -0.2) is 0 Å². The Morgan fingerprint density at radius 2 is 2.15 bits per heavy atom. The minimum Gasteiger partial charge on any atom is -0.481 e. The van der Waals surface area contributed by atoms with Gasteiger partial charge in [-0.3, -0.25) is 9.78 Å². The van der Waals surface area contributed by atoms with Crippen LogP contribution in [0.25, 0.3) is 0 Å². The molecule has 2 aliphatic rings. The molecule has 20 heavy (non-hydrogen) atoms. The fourth-order valence-electron chi connectivity index (χ4n) is 3.11. The minimum atomic E-state index is -0.717. The molecule has 108 valence electrons. The average Bonchev–Trinajstić information content (AvgIpc) is 2.31. The Kier molecular flexibility index (Phi) is 3.74. The Morgan fingerprint density at radius 1 is 1.35 bits per heavy atom. The van der Waals surface area contributed by atoms with Gasteiger partial charge in [-0.15, -0.1) is 0 Å². The number of carboxylic acids is 1. The third-order valence-corrected chi connectivity index (χ3v) is 4.87. The molecule has 0 unspecified atom stereocenters. The Labute approximate surface area is 119 Å². The molecular formula is C16H22N2O2. The van der Waals surface area contributed by atoms with E-state index in [0.717, 1.165) is 30.9 Å². The highest BCUT2D eigenvalue weighted by Crippen LogP contribution is 2.36. The summed E-state index contributed by atoms with van der Waals surface area (Å²) in [5, 5.41) is 12.4. The number of pyridine rings is 1. The zero-order valence-corrected chi connectivity index (χ0v) is 11.8. The van der Waals surface area contributed by atoms with Gasteiger partial charge in [0.05, 0.1) is 12.1 Å². The van der Waals surface area contributed by atoms with Crippen LogP contribution in [-0.4, -0.2) is 21.6 Å². The third kappa shape index (κ3) is 2.85. The second-order valence-corrected chi connectivity index (χ2v) is 6.27. The fourth-order valence-corrected chi connectivity index (χ4v) is 3.11. The van der Waals surface area contributed by atoms with Crippen LogP contribution in [0.15, 0.2) is 18.3 Å². The van der Waals surface area contributed by atoms with Gasteiger partial charge in [-0.05, 0) is 49.7 Å². The van der Waals surface area contributed by atoms with Gasteiger partial charge >= 0.3 is 5.97 Å². The van der Waals surface area contributed by atoms with E-state index in [4.69, 9.17) is 5.11 Å². The van der Waals surface area contributed by atoms with Crippen LogP contribution in [-0.2, 0) is 11.3 Å². The van der Waals surface area contributed by atoms with Crippen molar-refractivity contribution in [3.63, 3.8) is 0 Å². The van der Waals surface area contributed by atoms with Crippen molar-refractivity contribution in [3.05, 3.63) is 29.6 Å². The van der Waals surface area contributed by atoms with E-state index in [-0.39, 0.29) is 12.0 Å². The van der Waals surface area contributed by atoms with E-state index < -0.39 is 5.97 Å². The fraction of sp³-hybridized carbons (Fsp3) is 0.625. The molecule has 3 rings (SSSR count). The number of carboxylic acid groups (broad SMARTS) is 1. The van der Waals surface area contributed by atoms with Crippen molar-refractivity contribution in [2.45, 2.75) is 62.9 Å². The Bertz CT molecular complexity index is 476. The summed E-state index contributed by atoms with van der Waals surface area (Å²) in [6.45, 7) is 0.665. The number of rotatable bonds is 6. The van der Waals surface area contributed by atoms with E-state index in [1.165, 1.54) is 24.8 Å². The molecule has 0 aromatic carbocycles. The first-order chi connectivity index (χ1) is 9.67. The van der Waals surface area contributed by atoms with Crippen LogP contribution in [0.4, 0.5) is 0 Å². The van der Waals surface area contributed by atoms with Crippen molar-refractivity contribution in [2.24, 2.45) is 0 Å². The van der Waals surface area contributed by atoms with Crippen molar-refractivity contribution in [1.82, 2.24) is 10.3 Å². The molecule has 2 aliphatic carbocycles. The van der Waals surface area contributed by atoms with E-state index in [9.17, 15) is 4.79 Å². The minimum absolute atomic E-state index is 0.194. The highest BCUT2D eigenvalue weighted by Gasteiger charge is 2.38. The summed E-state index contributed by atoms with van der Waals surface area (Å²) in [7, 11) is 0. The molecule has 1 heterocycles. The van der Waals surface area contributed by atoms with Crippen molar-refractivity contribution < 1.29 is 9.90 Å². The van der Waals surface area contributed by atoms with Crippen LogP contribution >= 0.6 is 0 Å². The topological polar surface area (TPSA) is 62.2 Å². The molecule has 0 aliphatic heterocycles. The number of hydrogen-bond donors (Lipinski definition) is 2. The van der Waals surface area contributed by atoms with E-state index in [2.05, 4.69) is 22.4 Å². The number of aromatic nitrogens is 1. The van der Waals surface area contributed by atoms with Gasteiger partial charge in [-0.2, -0.15) is 0 Å². The van der Waals surface area contributed by atoms with Crippen molar-refractivity contribution in [3.8, 4) is 0 Å². The number of carbonyl (C=O) groups is 1. The molecule has 2 fully saturated rings. The van der Waals surface area contributed by atoms with Gasteiger partial charge in [-0.1, -0.05) is 12.5 Å². The molecule has 1 aromatic rings. The maximum atomic E-state index is 10.9. The van der Waals surface area contributed by atoms with Gasteiger partial charge in [0, 0.05) is 18.3 Å². The highest BCUT2D eigenvalue weighted by molar-refractivity contribution is 5.68. The van der Waals surface area contributed by atoms with Crippen LogP contribution < -0.4 is 5.32 Å². The van der Waals surface area contributed by atoms with Crippen LogP contribution in [0.3, 0.4) is 0 Å². The molecule has 2 N–H and O–H groups in total. The number of hydrogen-bond acceptors (Lipinski definition) is 3.